The van der Waals surface area contributed by atoms with Gasteiger partial charge in [-0.15, -0.1) is 0 Å². The van der Waals surface area contributed by atoms with Crippen LogP contribution in [0.1, 0.15) is 41.5 Å². The number of ether oxygens (including phenoxy) is 4. The second-order valence-corrected chi connectivity index (χ2v) is 8.60. The highest BCUT2D eigenvalue weighted by Gasteiger charge is 2.11. The standard InChI is InChI=1S/C30H30O6/c1-17(2)29(31)35-21(7)19(5)33-25-11-13-27-23(15-25)9-10-24-16-26(12-14-28(24)27)34-20(6)22(8)36-30(32)18(3)4/h9-16H,1,3H2,2,4-8H3. The van der Waals surface area contributed by atoms with Crippen molar-refractivity contribution in [1.29, 1.82) is 0 Å². The summed E-state index contributed by atoms with van der Waals surface area (Å²) in [6.07, 6.45) is 0. The molecule has 0 atom stereocenters. The maximum Gasteiger partial charge on any atom is 0.338 e. The first-order chi connectivity index (χ1) is 17.0. The molecule has 0 bridgehead atoms. The van der Waals surface area contributed by atoms with Gasteiger partial charge in [0.2, 0.25) is 0 Å². The van der Waals surface area contributed by atoms with Gasteiger partial charge in [-0.1, -0.05) is 37.4 Å². The Labute approximate surface area is 211 Å². The molecular weight excluding hydrogens is 456 g/mol. The molecule has 186 valence electrons. The Hall–Kier alpha value is -4.32. The number of esters is 2. The Morgan fingerprint density at radius 2 is 0.917 bits per heavy atom. The van der Waals surface area contributed by atoms with Gasteiger partial charge in [-0.25, -0.2) is 9.59 Å². The van der Waals surface area contributed by atoms with Crippen molar-refractivity contribution in [3.8, 4) is 11.5 Å². The number of hydrogen-bond acceptors (Lipinski definition) is 6. The summed E-state index contributed by atoms with van der Waals surface area (Å²) in [6.45, 7) is 17.2. The van der Waals surface area contributed by atoms with E-state index >= 15 is 0 Å². The summed E-state index contributed by atoms with van der Waals surface area (Å²) in [5, 5.41) is 4.10. The molecule has 0 aliphatic heterocycles. The minimum atomic E-state index is -0.488. The van der Waals surface area contributed by atoms with Crippen LogP contribution in [0.5, 0.6) is 11.5 Å². The minimum Gasteiger partial charge on any atom is -0.458 e. The summed E-state index contributed by atoms with van der Waals surface area (Å²) in [5.41, 5.74) is 0.640. The quantitative estimate of drug-likeness (QED) is 0.142. The van der Waals surface area contributed by atoms with Crippen LogP contribution in [0.4, 0.5) is 0 Å². The van der Waals surface area contributed by atoms with Gasteiger partial charge in [0.25, 0.3) is 0 Å². The van der Waals surface area contributed by atoms with Crippen LogP contribution in [0, 0.1) is 0 Å². The first-order valence-corrected chi connectivity index (χ1v) is 11.4. The molecule has 3 rings (SSSR count). The molecule has 0 spiro atoms. The fraction of sp³-hybridized carbons (Fsp3) is 0.200. The SMILES string of the molecule is C=C(C)C(=O)OC(C)=C(C)Oc1ccc2c(ccc3cc(OC(C)=C(C)OC(=O)C(=C)C)ccc32)c1. The Bertz CT molecular complexity index is 1340. The fourth-order valence-electron chi connectivity index (χ4n) is 3.25. The van der Waals surface area contributed by atoms with Crippen LogP contribution in [0.25, 0.3) is 21.5 Å². The average Bonchev–Trinajstić information content (AvgIpc) is 2.83. The molecule has 6 nitrogen and oxygen atoms in total. The van der Waals surface area contributed by atoms with Gasteiger partial charge in [0.15, 0.2) is 0 Å². The van der Waals surface area contributed by atoms with E-state index in [2.05, 4.69) is 13.2 Å². The molecule has 36 heavy (non-hydrogen) atoms. The molecule has 0 aromatic heterocycles. The van der Waals surface area contributed by atoms with Crippen molar-refractivity contribution in [2.24, 2.45) is 0 Å². The third-order valence-corrected chi connectivity index (χ3v) is 5.50. The maximum absolute atomic E-state index is 11.7. The van der Waals surface area contributed by atoms with Crippen LogP contribution >= 0.6 is 0 Å². The number of allylic oxidation sites excluding steroid dienone is 4. The summed E-state index contributed by atoms with van der Waals surface area (Å²) in [4.78, 5) is 23.5. The second kappa shape index (κ2) is 11.0. The maximum atomic E-state index is 11.7. The number of benzene rings is 3. The topological polar surface area (TPSA) is 71.1 Å². The van der Waals surface area contributed by atoms with E-state index in [4.69, 9.17) is 18.9 Å². The molecule has 0 saturated heterocycles. The van der Waals surface area contributed by atoms with Gasteiger partial charge in [0, 0.05) is 11.1 Å². The zero-order chi connectivity index (χ0) is 26.6. The average molecular weight is 487 g/mol. The summed E-state index contributed by atoms with van der Waals surface area (Å²) in [6, 6.07) is 15.6. The van der Waals surface area contributed by atoms with E-state index in [-0.39, 0.29) is 0 Å². The predicted molar refractivity (Wildman–Crippen MR) is 141 cm³/mol. The normalized spacial score (nSPS) is 12.4. The van der Waals surface area contributed by atoms with Gasteiger partial charge in [0.1, 0.15) is 34.5 Å². The van der Waals surface area contributed by atoms with E-state index in [1.807, 2.05) is 48.5 Å². The number of carbonyl (C=O) groups is 2. The lowest BCUT2D eigenvalue weighted by atomic mass is 10.0. The van der Waals surface area contributed by atoms with Crippen LogP contribution in [-0.2, 0) is 19.1 Å². The lowest BCUT2D eigenvalue weighted by Crippen LogP contribution is -2.06. The molecule has 0 unspecified atom stereocenters. The van der Waals surface area contributed by atoms with E-state index in [1.54, 1.807) is 41.5 Å². The largest absolute Gasteiger partial charge is 0.458 e. The van der Waals surface area contributed by atoms with Crippen molar-refractivity contribution in [2.45, 2.75) is 41.5 Å². The summed E-state index contributed by atoms with van der Waals surface area (Å²) < 4.78 is 22.3. The van der Waals surface area contributed by atoms with Crippen LogP contribution in [0.3, 0.4) is 0 Å². The van der Waals surface area contributed by atoms with Crippen molar-refractivity contribution in [3.05, 3.63) is 95.9 Å². The number of hydrogen-bond donors (Lipinski definition) is 0. The Kier molecular flexibility index (Phi) is 8.00. The first-order valence-electron chi connectivity index (χ1n) is 11.4. The third kappa shape index (κ3) is 6.21. The Morgan fingerprint density at radius 3 is 1.25 bits per heavy atom. The molecule has 0 heterocycles. The van der Waals surface area contributed by atoms with Crippen LogP contribution in [-0.4, -0.2) is 11.9 Å². The van der Waals surface area contributed by atoms with Gasteiger partial charge in [0.05, 0.1) is 0 Å². The van der Waals surface area contributed by atoms with Crippen LogP contribution in [0.2, 0.25) is 0 Å². The molecular formula is C30H30O6. The van der Waals surface area contributed by atoms with Crippen molar-refractivity contribution in [2.75, 3.05) is 0 Å². The molecule has 0 N–H and O–H groups in total. The summed E-state index contributed by atoms with van der Waals surface area (Å²) in [7, 11) is 0. The highest BCUT2D eigenvalue weighted by Crippen LogP contribution is 2.32. The number of fused-ring (bicyclic) bond motifs is 3. The third-order valence-electron chi connectivity index (χ3n) is 5.50. The molecule has 6 heteroatoms. The Balaban J connectivity index is 1.84. The summed E-state index contributed by atoms with van der Waals surface area (Å²) in [5.74, 6) is 2.01. The molecule has 3 aromatic carbocycles. The van der Waals surface area contributed by atoms with E-state index in [0.717, 1.165) is 21.5 Å². The highest BCUT2D eigenvalue weighted by atomic mass is 16.6. The predicted octanol–water partition coefficient (Wildman–Crippen LogP) is 7.49. The zero-order valence-corrected chi connectivity index (χ0v) is 21.5. The zero-order valence-electron chi connectivity index (χ0n) is 21.5. The Morgan fingerprint density at radius 1 is 0.556 bits per heavy atom. The van der Waals surface area contributed by atoms with Crippen LogP contribution < -0.4 is 9.47 Å². The lowest BCUT2D eigenvalue weighted by Gasteiger charge is -2.13. The molecule has 0 aliphatic carbocycles. The minimum absolute atomic E-state index is 0.320. The van der Waals surface area contributed by atoms with Gasteiger partial charge < -0.3 is 18.9 Å². The number of rotatable bonds is 8. The smallest absolute Gasteiger partial charge is 0.338 e. The van der Waals surface area contributed by atoms with E-state index < -0.39 is 11.9 Å². The van der Waals surface area contributed by atoms with Crippen molar-refractivity contribution < 1.29 is 28.5 Å². The number of carbonyl (C=O) groups excluding carboxylic acids is 2. The van der Waals surface area contributed by atoms with Gasteiger partial charge in [-0.05, 0) is 87.4 Å². The van der Waals surface area contributed by atoms with Crippen molar-refractivity contribution >= 4 is 33.5 Å². The molecule has 0 saturated carbocycles. The molecule has 0 amide bonds. The van der Waals surface area contributed by atoms with Gasteiger partial charge >= 0.3 is 11.9 Å². The van der Waals surface area contributed by atoms with E-state index in [9.17, 15) is 9.59 Å². The molecule has 0 aliphatic rings. The molecule has 0 fully saturated rings. The second-order valence-electron chi connectivity index (χ2n) is 8.60. The molecule has 0 radical (unpaired) electrons. The van der Waals surface area contributed by atoms with Crippen LogP contribution in [0.15, 0.2) is 95.9 Å². The lowest BCUT2D eigenvalue weighted by molar-refractivity contribution is -0.136. The van der Waals surface area contributed by atoms with Crippen molar-refractivity contribution in [1.82, 2.24) is 0 Å². The summed E-state index contributed by atoms with van der Waals surface area (Å²) >= 11 is 0. The van der Waals surface area contributed by atoms with E-state index in [0.29, 0.717) is 45.7 Å². The van der Waals surface area contributed by atoms with E-state index in [1.165, 1.54) is 0 Å². The first kappa shape index (κ1) is 26.3. The van der Waals surface area contributed by atoms with Gasteiger partial charge in [-0.2, -0.15) is 0 Å². The molecule has 3 aromatic rings. The fourth-order valence-corrected chi connectivity index (χ4v) is 3.25. The van der Waals surface area contributed by atoms with Gasteiger partial charge in [-0.3, -0.25) is 0 Å². The van der Waals surface area contributed by atoms with Crippen molar-refractivity contribution in [3.63, 3.8) is 0 Å². The monoisotopic (exact) mass is 486 g/mol. The highest BCUT2D eigenvalue weighted by molar-refractivity contribution is 6.08.